The molecule has 1 aliphatic rings. The third kappa shape index (κ3) is 3.74. The Balaban J connectivity index is 1.87. The van der Waals surface area contributed by atoms with E-state index in [2.05, 4.69) is 0 Å². The van der Waals surface area contributed by atoms with Crippen molar-refractivity contribution in [2.24, 2.45) is 5.92 Å². The maximum atomic E-state index is 10.2. The van der Waals surface area contributed by atoms with Crippen LogP contribution in [0.1, 0.15) is 44.1 Å². The molecule has 2 rings (SSSR count). The van der Waals surface area contributed by atoms with Gasteiger partial charge in [0.2, 0.25) is 0 Å². The van der Waals surface area contributed by atoms with E-state index in [1.807, 2.05) is 24.3 Å². The Bertz CT molecular complexity index is 356. The van der Waals surface area contributed by atoms with Crippen molar-refractivity contribution >= 4 is 0 Å². The van der Waals surface area contributed by atoms with Crippen LogP contribution in [0.25, 0.3) is 0 Å². The molecule has 0 amide bonds. The monoisotopic (exact) mass is 248 g/mol. The summed E-state index contributed by atoms with van der Waals surface area (Å²) in [7, 11) is 1.69. The first-order valence-corrected chi connectivity index (χ1v) is 7.09. The third-order valence-corrected chi connectivity index (χ3v) is 3.98. The van der Waals surface area contributed by atoms with E-state index in [9.17, 15) is 5.11 Å². The zero-order chi connectivity index (χ0) is 12.8. The summed E-state index contributed by atoms with van der Waals surface area (Å²) in [5, 5.41) is 10.2. The number of benzene rings is 1. The number of para-hydroxylation sites is 1. The lowest BCUT2D eigenvalue weighted by Crippen LogP contribution is -2.18. The van der Waals surface area contributed by atoms with Crippen LogP contribution in [0.3, 0.4) is 0 Å². The zero-order valence-electron chi connectivity index (χ0n) is 11.3. The average Bonchev–Trinajstić information content (AvgIpc) is 2.40. The summed E-state index contributed by atoms with van der Waals surface area (Å²) in [5.41, 5.74) is 1.11. The Morgan fingerprint density at radius 3 is 2.67 bits per heavy atom. The molecule has 100 valence electrons. The van der Waals surface area contributed by atoms with Crippen LogP contribution in [0, 0.1) is 5.92 Å². The third-order valence-electron chi connectivity index (χ3n) is 3.98. The molecule has 1 fully saturated rings. The van der Waals surface area contributed by atoms with Gasteiger partial charge in [-0.2, -0.15) is 0 Å². The van der Waals surface area contributed by atoms with Gasteiger partial charge in [0.25, 0.3) is 0 Å². The van der Waals surface area contributed by atoms with E-state index in [1.165, 1.54) is 32.1 Å². The standard InChI is InChI=1S/C16H24O2/c1-18-16-10-6-5-9-14(16)12-15(17)11-13-7-3-2-4-8-13/h5-6,9-10,13,15,17H,2-4,7-8,11-12H2,1H3. The molecule has 1 aliphatic carbocycles. The fourth-order valence-corrected chi connectivity index (χ4v) is 3.02. The lowest BCUT2D eigenvalue weighted by molar-refractivity contribution is 0.129. The Kier molecular flexibility index (Phi) is 5.06. The van der Waals surface area contributed by atoms with Crippen molar-refractivity contribution in [2.75, 3.05) is 7.11 Å². The second-order valence-corrected chi connectivity index (χ2v) is 5.41. The van der Waals surface area contributed by atoms with E-state index >= 15 is 0 Å². The van der Waals surface area contributed by atoms with Crippen LogP contribution < -0.4 is 4.74 Å². The van der Waals surface area contributed by atoms with Crippen LogP contribution in [0.4, 0.5) is 0 Å². The molecule has 1 aromatic carbocycles. The molecule has 1 aromatic rings. The second-order valence-electron chi connectivity index (χ2n) is 5.41. The minimum Gasteiger partial charge on any atom is -0.496 e. The van der Waals surface area contributed by atoms with Gasteiger partial charge in [0.1, 0.15) is 5.75 Å². The Labute approximate surface area is 110 Å². The SMILES string of the molecule is COc1ccccc1CC(O)CC1CCCCC1. The van der Waals surface area contributed by atoms with E-state index in [1.54, 1.807) is 7.11 Å². The molecule has 1 saturated carbocycles. The van der Waals surface area contributed by atoms with Crippen molar-refractivity contribution in [3.63, 3.8) is 0 Å². The summed E-state index contributed by atoms with van der Waals surface area (Å²) in [5.74, 6) is 1.61. The normalized spacial score (nSPS) is 18.6. The van der Waals surface area contributed by atoms with Crippen molar-refractivity contribution in [2.45, 2.75) is 51.0 Å². The van der Waals surface area contributed by atoms with E-state index < -0.39 is 0 Å². The lowest BCUT2D eigenvalue weighted by atomic mass is 9.84. The summed E-state index contributed by atoms with van der Waals surface area (Å²) < 4.78 is 5.33. The van der Waals surface area contributed by atoms with Crippen molar-refractivity contribution < 1.29 is 9.84 Å². The molecule has 1 unspecified atom stereocenters. The number of ether oxygens (including phenoxy) is 1. The first kappa shape index (κ1) is 13.4. The Morgan fingerprint density at radius 2 is 1.94 bits per heavy atom. The molecule has 2 nitrogen and oxygen atoms in total. The summed E-state index contributed by atoms with van der Waals surface area (Å²) in [6.45, 7) is 0. The van der Waals surface area contributed by atoms with Crippen LogP contribution >= 0.6 is 0 Å². The largest absolute Gasteiger partial charge is 0.496 e. The summed E-state index contributed by atoms with van der Waals surface area (Å²) in [6, 6.07) is 7.98. The summed E-state index contributed by atoms with van der Waals surface area (Å²) in [4.78, 5) is 0. The van der Waals surface area contributed by atoms with E-state index in [4.69, 9.17) is 4.74 Å². The summed E-state index contributed by atoms with van der Waals surface area (Å²) in [6.07, 6.45) is 8.06. The maximum Gasteiger partial charge on any atom is 0.122 e. The molecule has 0 radical (unpaired) electrons. The van der Waals surface area contributed by atoms with Gasteiger partial charge in [-0.3, -0.25) is 0 Å². The minimum atomic E-state index is -0.232. The van der Waals surface area contributed by atoms with Gasteiger partial charge in [-0.1, -0.05) is 50.3 Å². The molecular weight excluding hydrogens is 224 g/mol. The number of hydrogen-bond donors (Lipinski definition) is 1. The molecule has 0 aromatic heterocycles. The highest BCUT2D eigenvalue weighted by atomic mass is 16.5. The molecule has 0 aliphatic heterocycles. The first-order valence-electron chi connectivity index (χ1n) is 7.09. The fourth-order valence-electron chi connectivity index (χ4n) is 3.02. The van der Waals surface area contributed by atoms with Gasteiger partial charge < -0.3 is 9.84 Å². The van der Waals surface area contributed by atoms with Crippen LogP contribution in [0.2, 0.25) is 0 Å². The minimum absolute atomic E-state index is 0.232. The number of methoxy groups -OCH3 is 1. The van der Waals surface area contributed by atoms with Crippen LogP contribution in [-0.4, -0.2) is 18.3 Å². The van der Waals surface area contributed by atoms with Gasteiger partial charge in [0, 0.05) is 6.42 Å². The topological polar surface area (TPSA) is 29.5 Å². The first-order chi connectivity index (χ1) is 8.79. The van der Waals surface area contributed by atoms with E-state index in [-0.39, 0.29) is 6.10 Å². The van der Waals surface area contributed by atoms with Crippen molar-refractivity contribution in [3.8, 4) is 5.75 Å². The van der Waals surface area contributed by atoms with E-state index in [0.717, 1.165) is 23.7 Å². The molecule has 0 bridgehead atoms. The quantitative estimate of drug-likeness (QED) is 0.863. The molecule has 0 spiro atoms. The average molecular weight is 248 g/mol. The van der Waals surface area contributed by atoms with Crippen molar-refractivity contribution in [1.82, 2.24) is 0 Å². The molecule has 2 heteroatoms. The van der Waals surface area contributed by atoms with Crippen LogP contribution in [-0.2, 0) is 6.42 Å². The highest BCUT2D eigenvalue weighted by molar-refractivity contribution is 5.33. The fraction of sp³-hybridized carbons (Fsp3) is 0.625. The number of rotatable bonds is 5. The van der Waals surface area contributed by atoms with Crippen LogP contribution in [0.5, 0.6) is 5.75 Å². The molecular formula is C16H24O2. The zero-order valence-corrected chi connectivity index (χ0v) is 11.3. The number of aliphatic hydroxyl groups is 1. The molecule has 1 N–H and O–H groups in total. The molecule has 18 heavy (non-hydrogen) atoms. The highest BCUT2D eigenvalue weighted by Crippen LogP contribution is 2.29. The molecule has 1 atom stereocenters. The van der Waals surface area contributed by atoms with E-state index in [0.29, 0.717) is 6.42 Å². The maximum absolute atomic E-state index is 10.2. The van der Waals surface area contributed by atoms with Gasteiger partial charge in [-0.15, -0.1) is 0 Å². The van der Waals surface area contributed by atoms with Gasteiger partial charge >= 0.3 is 0 Å². The smallest absolute Gasteiger partial charge is 0.122 e. The summed E-state index contributed by atoms with van der Waals surface area (Å²) >= 11 is 0. The number of aliphatic hydroxyl groups excluding tert-OH is 1. The van der Waals surface area contributed by atoms with Gasteiger partial charge in [0.05, 0.1) is 13.2 Å². The van der Waals surface area contributed by atoms with Crippen molar-refractivity contribution in [1.29, 1.82) is 0 Å². The molecule has 0 heterocycles. The number of hydrogen-bond acceptors (Lipinski definition) is 2. The van der Waals surface area contributed by atoms with Gasteiger partial charge in [0.15, 0.2) is 0 Å². The highest BCUT2D eigenvalue weighted by Gasteiger charge is 2.18. The predicted octanol–water partition coefficient (Wildman–Crippen LogP) is 3.57. The second kappa shape index (κ2) is 6.79. The Hall–Kier alpha value is -1.02. The van der Waals surface area contributed by atoms with Gasteiger partial charge in [-0.25, -0.2) is 0 Å². The molecule has 0 saturated heterocycles. The Morgan fingerprint density at radius 1 is 1.22 bits per heavy atom. The lowest BCUT2D eigenvalue weighted by Gasteiger charge is -2.24. The van der Waals surface area contributed by atoms with Crippen molar-refractivity contribution in [3.05, 3.63) is 29.8 Å². The van der Waals surface area contributed by atoms with Gasteiger partial charge in [-0.05, 0) is 24.0 Å². The van der Waals surface area contributed by atoms with Crippen LogP contribution in [0.15, 0.2) is 24.3 Å². The predicted molar refractivity (Wildman–Crippen MR) is 73.9 cm³/mol.